The maximum Gasteiger partial charge on any atom is 0.0914 e. The zero-order valence-corrected chi connectivity index (χ0v) is 5.35. The van der Waals surface area contributed by atoms with Crippen molar-refractivity contribution in [3.63, 3.8) is 0 Å². The van der Waals surface area contributed by atoms with Crippen LogP contribution in [0.1, 0.15) is 19.3 Å². The molecular weight excluding hydrogens is 114 g/mol. The number of aliphatic hydroxyl groups excluding tert-OH is 1. The van der Waals surface area contributed by atoms with Crippen LogP contribution in [0.5, 0.6) is 0 Å². The van der Waals surface area contributed by atoms with Crippen LogP contribution in [0.4, 0.5) is 0 Å². The Kier molecular flexibility index (Phi) is 0.609. The van der Waals surface area contributed by atoms with Crippen LogP contribution in [-0.2, 0) is 0 Å². The third kappa shape index (κ3) is 0.411. The van der Waals surface area contributed by atoms with E-state index in [2.05, 4.69) is 6.58 Å². The van der Waals surface area contributed by atoms with E-state index in [9.17, 15) is 0 Å². The van der Waals surface area contributed by atoms with E-state index in [1.54, 1.807) is 0 Å². The van der Waals surface area contributed by atoms with Gasteiger partial charge in [-0.25, -0.2) is 0 Å². The summed E-state index contributed by atoms with van der Waals surface area (Å²) in [5.74, 6) is 0.342. The third-order valence-electron chi connectivity index (χ3n) is 2.68. The summed E-state index contributed by atoms with van der Waals surface area (Å²) >= 11 is 0. The topological polar surface area (TPSA) is 46.2 Å². The lowest BCUT2D eigenvalue weighted by Gasteiger charge is -2.68. The summed E-state index contributed by atoms with van der Waals surface area (Å²) in [7, 11) is 0. The Hall–Kier alpha value is -0.500. The number of hydrogen-bond donors (Lipinski definition) is 2. The van der Waals surface area contributed by atoms with Gasteiger partial charge >= 0.3 is 0 Å². The van der Waals surface area contributed by atoms with Crippen LogP contribution in [0.3, 0.4) is 0 Å². The minimum atomic E-state index is 0.0642. The largest absolute Gasteiger partial charge is 0.512 e. The number of aliphatic hydroxyl groups is 1. The molecular formula is C7H11NO. The quantitative estimate of drug-likeness (QED) is 0.512. The average molecular weight is 125 g/mol. The summed E-state index contributed by atoms with van der Waals surface area (Å²) in [5.41, 5.74) is 5.91. The van der Waals surface area contributed by atoms with Gasteiger partial charge in [-0.15, -0.1) is 0 Å². The van der Waals surface area contributed by atoms with Crippen LogP contribution in [0.15, 0.2) is 12.3 Å². The van der Waals surface area contributed by atoms with Crippen molar-refractivity contribution in [1.82, 2.24) is 0 Å². The molecule has 0 aromatic carbocycles. The predicted molar refractivity (Wildman–Crippen MR) is 35.0 cm³/mol. The maximum absolute atomic E-state index is 9.03. The SMILES string of the molecule is C=C(O)C12CC(N)(C1)C2. The van der Waals surface area contributed by atoms with Crippen LogP contribution < -0.4 is 5.73 Å². The van der Waals surface area contributed by atoms with Gasteiger partial charge < -0.3 is 10.8 Å². The fourth-order valence-corrected chi connectivity index (χ4v) is 2.17. The van der Waals surface area contributed by atoms with Gasteiger partial charge in [0, 0.05) is 11.0 Å². The fourth-order valence-electron chi connectivity index (χ4n) is 2.17. The van der Waals surface area contributed by atoms with Crippen molar-refractivity contribution in [2.24, 2.45) is 11.1 Å². The molecule has 0 spiro atoms. The first-order valence-electron chi connectivity index (χ1n) is 3.24. The average Bonchev–Trinajstić information content (AvgIpc) is 1.54. The molecule has 2 heteroatoms. The van der Waals surface area contributed by atoms with Gasteiger partial charge in [0.1, 0.15) is 0 Å². The first kappa shape index (κ1) is 5.30. The van der Waals surface area contributed by atoms with E-state index in [1.807, 2.05) is 0 Å². The van der Waals surface area contributed by atoms with Gasteiger partial charge in [0.25, 0.3) is 0 Å². The van der Waals surface area contributed by atoms with E-state index in [1.165, 1.54) is 0 Å². The zero-order valence-electron chi connectivity index (χ0n) is 5.35. The van der Waals surface area contributed by atoms with E-state index in [-0.39, 0.29) is 11.0 Å². The summed E-state index contributed by atoms with van der Waals surface area (Å²) in [6.07, 6.45) is 2.86. The highest BCUT2D eigenvalue weighted by molar-refractivity contribution is 5.30. The van der Waals surface area contributed by atoms with Gasteiger partial charge in [0.15, 0.2) is 0 Å². The molecule has 2 bridgehead atoms. The molecule has 3 aliphatic carbocycles. The molecule has 0 radical (unpaired) electrons. The molecule has 2 nitrogen and oxygen atoms in total. The molecule has 3 rings (SSSR count). The highest BCUT2D eigenvalue weighted by Crippen LogP contribution is 2.68. The molecule has 0 aromatic rings. The summed E-state index contributed by atoms with van der Waals surface area (Å²) in [6, 6.07) is 0. The second-order valence-corrected chi connectivity index (χ2v) is 3.62. The van der Waals surface area contributed by atoms with E-state index in [4.69, 9.17) is 10.8 Å². The lowest BCUT2D eigenvalue weighted by Crippen LogP contribution is -2.72. The molecule has 9 heavy (non-hydrogen) atoms. The van der Waals surface area contributed by atoms with Gasteiger partial charge in [-0.1, -0.05) is 6.58 Å². The molecule has 3 N–H and O–H groups in total. The monoisotopic (exact) mass is 125 g/mol. The van der Waals surface area contributed by atoms with Gasteiger partial charge in [-0.2, -0.15) is 0 Å². The molecule has 3 fully saturated rings. The Labute approximate surface area is 54.4 Å². The van der Waals surface area contributed by atoms with Crippen molar-refractivity contribution in [2.45, 2.75) is 24.8 Å². The number of nitrogens with two attached hydrogens (primary N) is 1. The van der Waals surface area contributed by atoms with Crippen LogP contribution >= 0.6 is 0 Å². The van der Waals surface area contributed by atoms with Crippen LogP contribution in [0.25, 0.3) is 0 Å². The van der Waals surface area contributed by atoms with E-state index in [0.717, 1.165) is 19.3 Å². The summed E-state index contributed by atoms with van der Waals surface area (Å²) in [4.78, 5) is 0. The molecule has 0 amide bonds. The van der Waals surface area contributed by atoms with Crippen LogP contribution in [0, 0.1) is 5.41 Å². The van der Waals surface area contributed by atoms with Crippen LogP contribution in [-0.4, -0.2) is 10.6 Å². The Bertz CT molecular complexity index is 166. The maximum atomic E-state index is 9.03. The first-order valence-corrected chi connectivity index (χ1v) is 3.24. The normalized spacial score (nSPS) is 53.4. The van der Waals surface area contributed by atoms with Crippen molar-refractivity contribution in [2.75, 3.05) is 0 Å². The molecule has 0 aliphatic heterocycles. The predicted octanol–water partition coefficient (Wildman–Crippen LogP) is 0.940. The fraction of sp³-hybridized carbons (Fsp3) is 0.714. The van der Waals surface area contributed by atoms with Crippen molar-refractivity contribution >= 4 is 0 Å². The third-order valence-corrected chi connectivity index (χ3v) is 2.68. The number of hydrogen-bond acceptors (Lipinski definition) is 2. The second kappa shape index (κ2) is 1.03. The van der Waals surface area contributed by atoms with Gasteiger partial charge in [0.2, 0.25) is 0 Å². The van der Waals surface area contributed by atoms with Crippen LogP contribution in [0.2, 0.25) is 0 Å². The Morgan fingerprint density at radius 1 is 1.44 bits per heavy atom. The van der Waals surface area contributed by atoms with E-state index < -0.39 is 0 Å². The summed E-state index contributed by atoms with van der Waals surface area (Å²) in [6.45, 7) is 3.52. The highest BCUT2D eigenvalue weighted by Gasteiger charge is 2.67. The Balaban J connectivity index is 2.13. The van der Waals surface area contributed by atoms with Gasteiger partial charge in [-0.05, 0) is 19.3 Å². The first-order chi connectivity index (χ1) is 4.06. The summed E-state index contributed by atoms with van der Waals surface area (Å²) in [5, 5.41) is 9.03. The minimum Gasteiger partial charge on any atom is -0.512 e. The van der Waals surface area contributed by atoms with Gasteiger partial charge in [-0.3, -0.25) is 0 Å². The lowest BCUT2D eigenvalue weighted by molar-refractivity contribution is -0.123. The van der Waals surface area contributed by atoms with E-state index >= 15 is 0 Å². The zero-order chi connectivity index (χ0) is 6.70. The highest BCUT2D eigenvalue weighted by atomic mass is 16.3. The molecule has 50 valence electrons. The van der Waals surface area contributed by atoms with Crippen molar-refractivity contribution in [3.05, 3.63) is 12.3 Å². The number of allylic oxidation sites excluding steroid dienone is 1. The summed E-state index contributed by atoms with van der Waals surface area (Å²) < 4.78 is 0. The van der Waals surface area contributed by atoms with Gasteiger partial charge in [0.05, 0.1) is 5.76 Å². The molecule has 0 heterocycles. The molecule has 0 atom stereocenters. The Morgan fingerprint density at radius 2 is 1.89 bits per heavy atom. The van der Waals surface area contributed by atoms with E-state index in [0.29, 0.717) is 5.76 Å². The lowest BCUT2D eigenvalue weighted by atomic mass is 9.39. The smallest absolute Gasteiger partial charge is 0.0914 e. The standard InChI is InChI=1S/C7H11NO/c1-5(9)6-2-7(8,3-6)4-6/h9H,1-4,8H2. The molecule has 0 aromatic heterocycles. The molecule has 3 aliphatic rings. The molecule has 0 unspecified atom stereocenters. The molecule has 0 saturated heterocycles. The van der Waals surface area contributed by atoms with Crippen molar-refractivity contribution < 1.29 is 5.11 Å². The number of rotatable bonds is 1. The Morgan fingerprint density at radius 3 is 2.00 bits per heavy atom. The second-order valence-electron chi connectivity index (χ2n) is 3.62. The minimum absolute atomic E-state index is 0.0642. The molecule has 3 saturated carbocycles. The van der Waals surface area contributed by atoms with Crippen molar-refractivity contribution in [1.29, 1.82) is 0 Å². The van der Waals surface area contributed by atoms with Crippen molar-refractivity contribution in [3.8, 4) is 0 Å².